The Labute approximate surface area is 219 Å². The van der Waals surface area contributed by atoms with Gasteiger partial charge in [0, 0.05) is 23.0 Å². The van der Waals surface area contributed by atoms with E-state index >= 15 is 0 Å². The largest absolute Gasteiger partial charge is 0.311 e. The molecule has 1 aliphatic rings. The maximum atomic E-state index is 2.36. The minimum absolute atomic E-state index is 0.420. The van der Waals surface area contributed by atoms with Crippen LogP contribution in [0.4, 0.5) is 11.4 Å². The fraction of sp³-hybridized carbons (Fsp3) is 0.0556. The topological polar surface area (TPSA) is 3.24 Å². The smallest absolute Gasteiger partial charge is 0.0461 e. The van der Waals surface area contributed by atoms with Gasteiger partial charge in [0.1, 0.15) is 0 Å². The van der Waals surface area contributed by atoms with E-state index in [0.29, 0.717) is 5.92 Å². The zero-order valence-electron chi connectivity index (χ0n) is 20.7. The van der Waals surface area contributed by atoms with E-state index in [1.165, 1.54) is 33.5 Å². The average Bonchev–Trinajstić information content (AvgIpc) is 3.00. The Hall–Kier alpha value is -4.62. The summed E-state index contributed by atoms with van der Waals surface area (Å²) < 4.78 is 0. The van der Waals surface area contributed by atoms with Crippen LogP contribution in [0.1, 0.15) is 17.9 Å². The highest BCUT2D eigenvalue weighted by molar-refractivity contribution is 5.75. The maximum absolute atomic E-state index is 2.36. The van der Waals surface area contributed by atoms with E-state index < -0.39 is 0 Å². The minimum Gasteiger partial charge on any atom is -0.311 e. The van der Waals surface area contributed by atoms with Crippen LogP contribution in [0.15, 0.2) is 163 Å². The van der Waals surface area contributed by atoms with Crippen LogP contribution >= 0.6 is 0 Å². The summed E-state index contributed by atoms with van der Waals surface area (Å²) in [6, 6.07) is 49.6. The Bertz CT molecular complexity index is 1500. The van der Waals surface area contributed by atoms with Crippen molar-refractivity contribution in [2.75, 3.05) is 4.90 Å². The molecular weight excluding hydrogens is 446 g/mol. The SMILES string of the molecule is C1=CC(c2ccccc2)CC=C1N(c1ccccc1)c1ccc(-c2ccc(-c3ccccc3)cc2)cc1. The van der Waals surface area contributed by atoms with Crippen LogP contribution < -0.4 is 4.90 Å². The molecule has 0 spiro atoms. The van der Waals surface area contributed by atoms with E-state index in [0.717, 1.165) is 17.8 Å². The van der Waals surface area contributed by atoms with Crippen molar-refractivity contribution in [3.05, 3.63) is 169 Å². The summed E-state index contributed by atoms with van der Waals surface area (Å²) in [5.74, 6) is 0.420. The van der Waals surface area contributed by atoms with Crippen LogP contribution in [0.25, 0.3) is 22.3 Å². The molecule has 0 aliphatic heterocycles. The molecule has 0 bridgehead atoms. The van der Waals surface area contributed by atoms with Gasteiger partial charge in [0.2, 0.25) is 0 Å². The monoisotopic (exact) mass is 475 g/mol. The van der Waals surface area contributed by atoms with E-state index in [1.54, 1.807) is 0 Å². The fourth-order valence-electron chi connectivity index (χ4n) is 5.04. The molecule has 0 fully saturated rings. The molecule has 1 atom stereocenters. The maximum Gasteiger partial charge on any atom is 0.0461 e. The molecule has 1 heteroatoms. The van der Waals surface area contributed by atoms with Gasteiger partial charge in [-0.05, 0) is 64.6 Å². The van der Waals surface area contributed by atoms with Crippen molar-refractivity contribution in [2.24, 2.45) is 0 Å². The lowest BCUT2D eigenvalue weighted by atomic mass is 9.91. The Morgan fingerprint density at radius 3 is 1.46 bits per heavy atom. The second-order valence-electron chi connectivity index (χ2n) is 9.40. The highest BCUT2D eigenvalue weighted by atomic mass is 15.1. The van der Waals surface area contributed by atoms with Crippen molar-refractivity contribution >= 4 is 11.4 Å². The fourth-order valence-corrected chi connectivity index (χ4v) is 5.04. The molecule has 1 aliphatic carbocycles. The molecule has 5 aromatic rings. The predicted octanol–water partition coefficient (Wildman–Crippen LogP) is 9.79. The molecule has 37 heavy (non-hydrogen) atoms. The van der Waals surface area contributed by atoms with Gasteiger partial charge in [-0.3, -0.25) is 0 Å². The minimum atomic E-state index is 0.420. The normalized spacial score (nSPS) is 14.7. The van der Waals surface area contributed by atoms with Gasteiger partial charge in [0.25, 0.3) is 0 Å². The summed E-state index contributed by atoms with van der Waals surface area (Å²) in [6.45, 7) is 0. The van der Waals surface area contributed by atoms with Crippen LogP contribution in [0.2, 0.25) is 0 Å². The molecule has 178 valence electrons. The molecule has 0 heterocycles. The number of para-hydroxylation sites is 1. The van der Waals surface area contributed by atoms with E-state index in [1.807, 2.05) is 0 Å². The van der Waals surface area contributed by atoms with Gasteiger partial charge in [-0.1, -0.05) is 127 Å². The first-order chi connectivity index (χ1) is 18.3. The summed E-state index contributed by atoms with van der Waals surface area (Å²) in [4.78, 5) is 2.35. The van der Waals surface area contributed by atoms with Crippen molar-refractivity contribution in [1.82, 2.24) is 0 Å². The number of allylic oxidation sites excluding steroid dienone is 3. The van der Waals surface area contributed by atoms with Crippen LogP contribution in [0.5, 0.6) is 0 Å². The van der Waals surface area contributed by atoms with Gasteiger partial charge < -0.3 is 4.90 Å². The van der Waals surface area contributed by atoms with Gasteiger partial charge in [0.05, 0.1) is 0 Å². The van der Waals surface area contributed by atoms with Gasteiger partial charge in [-0.15, -0.1) is 0 Å². The second-order valence-corrected chi connectivity index (χ2v) is 9.40. The molecule has 0 saturated carbocycles. The third-order valence-electron chi connectivity index (χ3n) is 7.03. The Morgan fingerprint density at radius 2 is 0.919 bits per heavy atom. The summed E-state index contributed by atoms with van der Waals surface area (Å²) in [5, 5.41) is 0. The van der Waals surface area contributed by atoms with Gasteiger partial charge >= 0.3 is 0 Å². The molecule has 5 aromatic carbocycles. The van der Waals surface area contributed by atoms with Gasteiger partial charge in [0.15, 0.2) is 0 Å². The lowest BCUT2D eigenvalue weighted by molar-refractivity contribution is 0.840. The first-order valence-electron chi connectivity index (χ1n) is 12.9. The molecule has 0 N–H and O–H groups in total. The Morgan fingerprint density at radius 1 is 0.459 bits per heavy atom. The molecule has 1 unspecified atom stereocenters. The Balaban J connectivity index is 1.27. The number of rotatable bonds is 6. The molecule has 1 nitrogen and oxygen atoms in total. The summed E-state index contributed by atoms with van der Waals surface area (Å²) in [7, 11) is 0. The third-order valence-corrected chi connectivity index (χ3v) is 7.03. The molecule has 0 aromatic heterocycles. The zero-order valence-corrected chi connectivity index (χ0v) is 20.7. The molecule has 0 saturated heterocycles. The van der Waals surface area contributed by atoms with Crippen LogP contribution in [0, 0.1) is 0 Å². The van der Waals surface area contributed by atoms with Crippen LogP contribution in [-0.4, -0.2) is 0 Å². The first kappa shape index (κ1) is 22.8. The van der Waals surface area contributed by atoms with Crippen molar-refractivity contribution in [3.8, 4) is 22.3 Å². The number of hydrogen-bond acceptors (Lipinski definition) is 1. The number of benzene rings is 5. The second kappa shape index (κ2) is 10.6. The summed E-state index contributed by atoms with van der Waals surface area (Å²) >= 11 is 0. The van der Waals surface area contributed by atoms with E-state index in [2.05, 4.69) is 163 Å². The van der Waals surface area contributed by atoms with Crippen molar-refractivity contribution in [1.29, 1.82) is 0 Å². The van der Waals surface area contributed by atoms with E-state index in [9.17, 15) is 0 Å². The lowest BCUT2D eigenvalue weighted by Gasteiger charge is -2.29. The highest BCUT2D eigenvalue weighted by Gasteiger charge is 2.18. The Kier molecular flexibility index (Phi) is 6.51. The predicted molar refractivity (Wildman–Crippen MR) is 157 cm³/mol. The lowest BCUT2D eigenvalue weighted by Crippen LogP contribution is -2.17. The van der Waals surface area contributed by atoms with Crippen molar-refractivity contribution in [3.63, 3.8) is 0 Å². The van der Waals surface area contributed by atoms with E-state index in [4.69, 9.17) is 0 Å². The van der Waals surface area contributed by atoms with Crippen LogP contribution in [-0.2, 0) is 0 Å². The molecule has 0 radical (unpaired) electrons. The van der Waals surface area contributed by atoms with Crippen molar-refractivity contribution in [2.45, 2.75) is 12.3 Å². The molecule has 0 amide bonds. The van der Waals surface area contributed by atoms with Gasteiger partial charge in [-0.25, -0.2) is 0 Å². The zero-order chi connectivity index (χ0) is 24.9. The quantitative estimate of drug-likeness (QED) is 0.236. The molecule has 6 rings (SSSR count). The van der Waals surface area contributed by atoms with Gasteiger partial charge in [-0.2, -0.15) is 0 Å². The number of anilines is 2. The van der Waals surface area contributed by atoms with E-state index in [-0.39, 0.29) is 0 Å². The van der Waals surface area contributed by atoms with Crippen molar-refractivity contribution < 1.29 is 0 Å². The average molecular weight is 476 g/mol. The molecular formula is C36H29N. The number of nitrogens with zero attached hydrogens (tertiary/aromatic N) is 1. The van der Waals surface area contributed by atoms with Crippen LogP contribution in [0.3, 0.4) is 0 Å². The first-order valence-corrected chi connectivity index (χ1v) is 12.9. The summed E-state index contributed by atoms with van der Waals surface area (Å²) in [6.07, 6.45) is 7.96. The standard InChI is InChI=1S/C36H29N/c1-4-10-28(11-5-1)30-16-18-31(19-17-30)33-22-26-36(27-23-33)37(34-14-8-3-9-15-34)35-24-20-32(21-25-35)29-12-6-2-7-13-29/h1-20,22-27,32H,21H2. The third kappa shape index (κ3) is 5.03. The highest BCUT2D eigenvalue weighted by Crippen LogP contribution is 2.36. The number of hydrogen-bond donors (Lipinski definition) is 0. The summed E-state index contributed by atoms with van der Waals surface area (Å²) in [5.41, 5.74) is 9.81.